The number of methoxy groups -OCH3 is 1. The monoisotopic (exact) mass is 342 g/mol. The van der Waals surface area contributed by atoms with Gasteiger partial charge in [-0.25, -0.2) is 0 Å². The highest BCUT2D eigenvalue weighted by atomic mass is 32.2. The van der Waals surface area contributed by atoms with Crippen LogP contribution < -0.4 is 9.47 Å². The van der Waals surface area contributed by atoms with E-state index < -0.39 is 0 Å². The van der Waals surface area contributed by atoms with Crippen LogP contribution in [0.25, 0.3) is 5.69 Å². The summed E-state index contributed by atoms with van der Waals surface area (Å²) in [7, 11) is 1.64. The Hall–Kier alpha value is -2.54. The minimum atomic E-state index is 0.587. The molecule has 3 rings (SSSR count). The Labute approximate surface area is 144 Å². The fraction of sp³-hybridized carbons (Fsp3) is 0.235. The molecule has 2 aromatic carbocycles. The highest BCUT2D eigenvalue weighted by Crippen LogP contribution is 2.20. The number of tetrazole rings is 1. The van der Waals surface area contributed by atoms with Crippen LogP contribution in [0.1, 0.15) is 5.56 Å². The number of ether oxygens (including phenoxy) is 2. The second-order valence-electron chi connectivity index (χ2n) is 5.08. The Morgan fingerprint density at radius 1 is 1.08 bits per heavy atom. The van der Waals surface area contributed by atoms with Gasteiger partial charge >= 0.3 is 0 Å². The van der Waals surface area contributed by atoms with Crippen molar-refractivity contribution in [2.45, 2.75) is 12.1 Å². The Bertz CT molecular complexity index is 789. The molecule has 0 unspecified atom stereocenters. The normalized spacial score (nSPS) is 10.6. The minimum absolute atomic E-state index is 0.587. The Balaban J connectivity index is 1.57. The molecule has 7 heteroatoms. The molecule has 0 spiro atoms. The Morgan fingerprint density at radius 3 is 2.67 bits per heavy atom. The maximum absolute atomic E-state index is 5.75. The van der Waals surface area contributed by atoms with Gasteiger partial charge < -0.3 is 9.47 Å². The molecule has 0 saturated heterocycles. The first-order valence-electron chi connectivity index (χ1n) is 7.51. The summed E-state index contributed by atoms with van der Waals surface area (Å²) in [5, 5.41) is 12.6. The zero-order valence-electron chi connectivity index (χ0n) is 13.5. The fourth-order valence-corrected chi connectivity index (χ4v) is 2.86. The summed E-state index contributed by atoms with van der Waals surface area (Å²) < 4.78 is 12.6. The predicted octanol–water partition coefficient (Wildman–Crippen LogP) is 3.15. The van der Waals surface area contributed by atoms with E-state index in [0.717, 1.165) is 28.1 Å². The number of thioether (sulfide) groups is 1. The van der Waals surface area contributed by atoms with E-state index >= 15 is 0 Å². The lowest BCUT2D eigenvalue weighted by Gasteiger charge is -2.07. The van der Waals surface area contributed by atoms with E-state index in [1.165, 1.54) is 5.56 Å². The van der Waals surface area contributed by atoms with Crippen LogP contribution in [0.3, 0.4) is 0 Å². The van der Waals surface area contributed by atoms with Crippen molar-refractivity contribution in [1.29, 1.82) is 0 Å². The Morgan fingerprint density at radius 2 is 1.92 bits per heavy atom. The molecule has 6 nitrogen and oxygen atoms in total. The highest BCUT2D eigenvalue weighted by molar-refractivity contribution is 7.99. The van der Waals surface area contributed by atoms with Gasteiger partial charge in [0.1, 0.15) is 11.5 Å². The molecule has 0 atom stereocenters. The fourth-order valence-electron chi connectivity index (χ4n) is 2.15. The average molecular weight is 342 g/mol. The molecule has 1 aromatic heterocycles. The van der Waals surface area contributed by atoms with Crippen molar-refractivity contribution in [3.8, 4) is 17.2 Å². The van der Waals surface area contributed by atoms with E-state index in [1.54, 1.807) is 23.6 Å². The lowest BCUT2D eigenvalue weighted by atomic mass is 10.2. The van der Waals surface area contributed by atoms with E-state index in [4.69, 9.17) is 9.47 Å². The molecular formula is C17H18N4O2S. The quantitative estimate of drug-likeness (QED) is 0.485. The first-order chi connectivity index (χ1) is 11.8. The topological polar surface area (TPSA) is 62.1 Å². The average Bonchev–Trinajstić information content (AvgIpc) is 3.07. The first kappa shape index (κ1) is 16.3. The maximum Gasteiger partial charge on any atom is 0.214 e. The molecule has 24 heavy (non-hydrogen) atoms. The van der Waals surface area contributed by atoms with Crippen molar-refractivity contribution in [2.24, 2.45) is 0 Å². The van der Waals surface area contributed by atoms with E-state index in [0.29, 0.717) is 6.61 Å². The molecule has 1 heterocycles. The maximum atomic E-state index is 5.75. The number of aromatic nitrogens is 4. The van der Waals surface area contributed by atoms with Crippen molar-refractivity contribution in [2.75, 3.05) is 19.5 Å². The third-order valence-electron chi connectivity index (χ3n) is 3.33. The molecule has 0 radical (unpaired) electrons. The largest absolute Gasteiger partial charge is 0.497 e. The third kappa shape index (κ3) is 4.05. The minimum Gasteiger partial charge on any atom is -0.497 e. The van der Waals surface area contributed by atoms with E-state index in [2.05, 4.69) is 15.5 Å². The number of hydrogen-bond donors (Lipinski definition) is 0. The summed E-state index contributed by atoms with van der Waals surface area (Å²) in [5.74, 6) is 2.43. The van der Waals surface area contributed by atoms with Crippen molar-refractivity contribution in [3.63, 3.8) is 0 Å². The second-order valence-corrected chi connectivity index (χ2v) is 6.15. The predicted molar refractivity (Wildman–Crippen MR) is 93.1 cm³/mol. The van der Waals surface area contributed by atoms with Gasteiger partial charge in [0.15, 0.2) is 0 Å². The molecule has 0 bridgehead atoms. The van der Waals surface area contributed by atoms with Crippen molar-refractivity contribution >= 4 is 11.8 Å². The molecular weight excluding hydrogens is 324 g/mol. The van der Waals surface area contributed by atoms with Crippen LogP contribution in [-0.4, -0.2) is 39.7 Å². The van der Waals surface area contributed by atoms with E-state index in [1.807, 2.05) is 55.5 Å². The lowest BCUT2D eigenvalue weighted by Crippen LogP contribution is -2.03. The summed E-state index contributed by atoms with van der Waals surface area (Å²) >= 11 is 1.55. The van der Waals surface area contributed by atoms with E-state index in [9.17, 15) is 0 Å². The summed E-state index contributed by atoms with van der Waals surface area (Å²) in [6.45, 7) is 2.63. The molecule has 0 N–H and O–H groups in total. The number of benzene rings is 2. The summed E-state index contributed by atoms with van der Waals surface area (Å²) in [6.07, 6.45) is 0. The van der Waals surface area contributed by atoms with E-state index in [-0.39, 0.29) is 0 Å². The number of hydrogen-bond acceptors (Lipinski definition) is 6. The highest BCUT2D eigenvalue weighted by Gasteiger charge is 2.09. The molecule has 0 aliphatic heterocycles. The van der Waals surface area contributed by atoms with Crippen molar-refractivity contribution in [3.05, 3.63) is 54.1 Å². The summed E-state index contributed by atoms with van der Waals surface area (Å²) in [5.41, 5.74) is 2.08. The van der Waals surface area contributed by atoms with Gasteiger partial charge in [-0.1, -0.05) is 23.9 Å². The molecule has 0 amide bonds. The molecule has 0 saturated carbocycles. The van der Waals surface area contributed by atoms with Gasteiger partial charge in [0.05, 0.1) is 19.4 Å². The van der Waals surface area contributed by atoms with Crippen LogP contribution in [0.2, 0.25) is 0 Å². The Kier molecular flexibility index (Phi) is 5.32. The number of rotatable bonds is 7. The van der Waals surface area contributed by atoms with Gasteiger partial charge in [-0.05, 0) is 59.3 Å². The smallest absolute Gasteiger partial charge is 0.214 e. The van der Waals surface area contributed by atoms with Gasteiger partial charge in [0.25, 0.3) is 0 Å². The SMILES string of the molecule is COc1ccc(-n2nnnc2SCCOc2cccc(C)c2)cc1. The van der Waals surface area contributed by atoms with Crippen LogP contribution >= 0.6 is 11.8 Å². The molecule has 0 aliphatic carbocycles. The van der Waals surface area contributed by atoms with Crippen molar-refractivity contribution in [1.82, 2.24) is 20.2 Å². The van der Waals surface area contributed by atoms with Gasteiger partial charge in [-0.15, -0.1) is 5.10 Å². The van der Waals surface area contributed by atoms with Gasteiger partial charge in [-0.2, -0.15) is 4.68 Å². The molecule has 0 fully saturated rings. The zero-order chi connectivity index (χ0) is 16.8. The first-order valence-corrected chi connectivity index (χ1v) is 8.50. The lowest BCUT2D eigenvalue weighted by molar-refractivity contribution is 0.343. The molecule has 3 aromatic rings. The molecule has 0 aliphatic rings. The summed E-state index contributed by atoms with van der Waals surface area (Å²) in [6, 6.07) is 15.6. The van der Waals surface area contributed by atoms with Crippen LogP contribution in [0.15, 0.2) is 53.7 Å². The molecule has 124 valence electrons. The van der Waals surface area contributed by atoms with Crippen LogP contribution in [0.5, 0.6) is 11.5 Å². The van der Waals surface area contributed by atoms with Crippen molar-refractivity contribution < 1.29 is 9.47 Å². The second kappa shape index (κ2) is 7.83. The van der Waals surface area contributed by atoms with Crippen LogP contribution in [0, 0.1) is 6.92 Å². The zero-order valence-corrected chi connectivity index (χ0v) is 14.4. The third-order valence-corrected chi connectivity index (χ3v) is 4.21. The van der Waals surface area contributed by atoms with Gasteiger partial charge in [0, 0.05) is 5.75 Å². The number of nitrogens with zero attached hydrogens (tertiary/aromatic N) is 4. The number of aryl methyl sites for hydroxylation is 1. The summed E-state index contributed by atoms with van der Waals surface area (Å²) in [4.78, 5) is 0. The van der Waals surface area contributed by atoms with Gasteiger partial charge in [-0.3, -0.25) is 0 Å². The van der Waals surface area contributed by atoms with Crippen LogP contribution in [0.4, 0.5) is 0 Å². The standard InChI is InChI=1S/C17H18N4O2S/c1-13-4-3-5-16(12-13)23-10-11-24-17-18-19-20-21(17)14-6-8-15(22-2)9-7-14/h3-9,12H,10-11H2,1-2H3. The van der Waals surface area contributed by atoms with Crippen LogP contribution in [-0.2, 0) is 0 Å². The van der Waals surface area contributed by atoms with Gasteiger partial charge in [0.2, 0.25) is 5.16 Å².